The Morgan fingerprint density at radius 2 is 1.92 bits per heavy atom. The van der Waals surface area contributed by atoms with Gasteiger partial charge in [-0.25, -0.2) is 0 Å². The van der Waals surface area contributed by atoms with E-state index in [0.29, 0.717) is 0 Å². The lowest BCUT2D eigenvalue weighted by atomic mass is 10.0. The molecule has 0 aliphatic heterocycles. The number of nitro benzene ring substituents is 1. The van der Waals surface area contributed by atoms with Crippen molar-refractivity contribution in [3.8, 4) is 0 Å². The predicted octanol–water partition coefficient (Wildman–Crippen LogP) is 1.73. The minimum Gasteiger partial charge on any atom is -0.368 e. The van der Waals surface area contributed by atoms with Gasteiger partial charge in [-0.05, 0) is 18.6 Å². The van der Waals surface area contributed by atoms with Crippen molar-refractivity contribution in [3.63, 3.8) is 0 Å². The fraction of sp³-hybridized carbons (Fsp3) is 0.176. The number of primary amides is 1. The number of nitrogens with one attached hydrogen (secondary N) is 1. The van der Waals surface area contributed by atoms with Gasteiger partial charge in [-0.15, -0.1) is 0 Å². The molecule has 0 saturated carbocycles. The van der Waals surface area contributed by atoms with E-state index in [0.717, 1.165) is 17.2 Å². The molecule has 2 rings (SSSR count). The van der Waals surface area contributed by atoms with E-state index in [1.807, 2.05) is 31.2 Å². The van der Waals surface area contributed by atoms with Crippen LogP contribution in [0.1, 0.15) is 21.5 Å². The highest BCUT2D eigenvalue weighted by molar-refractivity contribution is 5.97. The molecule has 2 aromatic rings. The number of rotatable bonds is 6. The highest BCUT2D eigenvalue weighted by atomic mass is 16.6. The average Bonchev–Trinajstić information content (AvgIpc) is 2.54. The first-order chi connectivity index (χ1) is 11.4. The number of aryl methyl sites for hydroxylation is 1. The number of hydrogen-bond acceptors (Lipinski definition) is 4. The maximum absolute atomic E-state index is 12.3. The smallest absolute Gasteiger partial charge is 0.270 e. The van der Waals surface area contributed by atoms with Gasteiger partial charge in [0.1, 0.15) is 6.04 Å². The second-order valence-corrected chi connectivity index (χ2v) is 5.43. The van der Waals surface area contributed by atoms with Crippen LogP contribution >= 0.6 is 0 Å². The van der Waals surface area contributed by atoms with Crippen molar-refractivity contribution in [1.82, 2.24) is 5.32 Å². The van der Waals surface area contributed by atoms with E-state index >= 15 is 0 Å². The summed E-state index contributed by atoms with van der Waals surface area (Å²) in [6, 6.07) is 11.9. The van der Waals surface area contributed by atoms with Crippen LogP contribution < -0.4 is 11.1 Å². The Bertz CT molecular complexity index is 789. The third kappa shape index (κ3) is 4.39. The molecule has 0 bridgehead atoms. The summed E-state index contributed by atoms with van der Waals surface area (Å²) >= 11 is 0. The molecule has 0 saturated heterocycles. The van der Waals surface area contributed by atoms with Crippen LogP contribution in [-0.4, -0.2) is 22.8 Å². The Morgan fingerprint density at radius 1 is 1.21 bits per heavy atom. The molecule has 0 spiro atoms. The molecule has 7 heteroatoms. The molecule has 0 unspecified atom stereocenters. The van der Waals surface area contributed by atoms with Gasteiger partial charge in [0.05, 0.1) is 4.92 Å². The number of non-ortho nitro benzene ring substituents is 1. The van der Waals surface area contributed by atoms with E-state index in [-0.39, 0.29) is 17.7 Å². The molecular weight excluding hydrogens is 310 g/mol. The lowest BCUT2D eigenvalue weighted by Gasteiger charge is -2.16. The largest absolute Gasteiger partial charge is 0.368 e. The van der Waals surface area contributed by atoms with Crippen LogP contribution in [0.2, 0.25) is 0 Å². The van der Waals surface area contributed by atoms with E-state index in [4.69, 9.17) is 5.73 Å². The van der Waals surface area contributed by atoms with Crippen molar-refractivity contribution in [2.75, 3.05) is 0 Å². The predicted molar refractivity (Wildman–Crippen MR) is 88.4 cm³/mol. The highest BCUT2D eigenvalue weighted by Crippen LogP contribution is 2.13. The Kier molecular flexibility index (Phi) is 5.26. The Hall–Kier alpha value is -3.22. The summed E-state index contributed by atoms with van der Waals surface area (Å²) in [5, 5.41) is 13.3. The molecule has 3 N–H and O–H groups in total. The van der Waals surface area contributed by atoms with E-state index in [1.165, 1.54) is 18.2 Å². The van der Waals surface area contributed by atoms with E-state index in [1.54, 1.807) is 0 Å². The number of hydrogen-bond donors (Lipinski definition) is 2. The number of nitro groups is 1. The number of carbonyl (C=O) groups excluding carboxylic acids is 2. The van der Waals surface area contributed by atoms with Crippen LogP contribution in [0.4, 0.5) is 5.69 Å². The molecule has 124 valence electrons. The van der Waals surface area contributed by atoms with Gasteiger partial charge in [0.25, 0.3) is 11.6 Å². The van der Waals surface area contributed by atoms with Crippen LogP contribution in [-0.2, 0) is 11.2 Å². The van der Waals surface area contributed by atoms with Crippen LogP contribution in [0, 0.1) is 17.0 Å². The van der Waals surface area contributed by atoms with Crippen LogP contribution in [0.25, 0.3) is 0 Å². The third-order valence-electron chi connectivity index (χ3n) is 3.49. The van der Waals surface area contributed by atoms with Crippen molar-refractivity contribution in [2.24, 2.45) is 5.73 Å². The molecular formula is C17H17N3O4. The third-order valence-corrected chi connectivity index (χ3v) is 3.49. The van der Waals surface area contributed by atoms with Gasteiger partial charge >= 0.3 is 0 Å². The summed E-state index contributed by atoms with van der Waals surface area (Å²) < 4.78 is 0. The van der Waals surface area contributed by atoms with Crippen LogP contribution in [0.3, 0.4) is 0 Å². The van der Waals surface area contributed by atoms with Gasteiger partial charge < -0.3 is 11.1 Å². The van der Waals surface area contributed by atoms with Gasteiger partial charge in [-0.1, -0.05) is 35.9 Å². The first-order valence-electron chi connectivity index (χ1n) is 7.27. The number of nitrogens with two attached hydrogens (primary N) is 1. The van der Waals surface area contributed by atoms with Crippen molar-refractivity contribution < 1.29 is 14.5 Å². The van der Waals surface area contributed by atoms with Gasteiger partial charge in [0, 0.05) is 24.1 Å². The van der Waals surface area contributed by atoms with E-state index < -0.39 is 22.8 Å². The monoisotopic (exact) mass is 327 g/mol. The lowest BCUT2D eigenvalue weighted by Crippen LogP contribution is -2.45. The van der Waals surface area contributed by atoms with E-state index in [2.05, 4.69) is 5.32 Å². The fourth-order valence-electron chi connectivity index (χ4n) is 2.30. The Labute approximate surface area is 138 Å². The minimum absolute atomic E-state index is 0.0969. The Balaban J connectivity index is 2.15. The molecule has 1 atom stereocenters. The first kappa shape index (κ1) is 17.1. The molecule has 0 aliphatic rings. The SMILES string of the molecule is Cc1cccc(C[C@H](NC(=O)c2cccc([N+](=O)[O-])c2)C(N)=O)c1. The molecule has 2 aromatic carbocycles. The molecule has 24 heavy (non-hydrogen) atoms. The van der Waals surface area contributed by atoms with Gasteiger partial charge in [-0.2, -0.15) is 0 Å². The average molecular weight is 327 g/mol. The summed E-state index contributed by atoms with van der Waals surface area (Å²) in [7, 11) is 0. The summed E-state index contributed by atoms with van der Waals surface area (Å²) in [4.78, 5) is 34.1. The number of benzene rings is 2. The Morgan fingerprint density at radius 3 is 2.54 bits per heavy atom. The fourth-order valence-corrected chi connectivity index (χ4v) is 2.30. The number of amides is 2. The summed E-state index contributed by atoms with van der Waals surface area (Å²) in [5.74, 6) is -1.26. The molecule has 0 aromatic heterocycles. The zero-order chi connectivity index (χ0) is 17.7. The number of nitrogens with zero attached hydrogens (tertiary/aromatic N) is 1. The van der Waals surface area contributed by atoms with Crippen molar-refractivity contribution in [3.05, 3.63) is 75.3 Å². The molecule has 0 radical (unpaired) electrons. The zero-order valence-corrected chi connectivity index (χ0v) is 13.1. The maximum Gasteiger partial charge on any atom is 0.270 e. The second-order valence-electron chi connectivity index (χ2n) is 5.43. The van der Waals surface area contributed by atoms with Crippen molar-refractivity contribution >= 4 is 17.5 Å². The summed E-state index contributed by atoms with van der Waals surface area (Å²) in [6.07, 6.45) is 0.248. The second kappa shape index (κ2) is 7.36. The maximum atomic E-state index is 12.3. The molecule has 0 heterocycles. The summed E-state index contributed by atoms with van der Waals surface area (Å²) in [5.41, 5.74) is 7.15. The molecule has 2 amide bonds. The van der Waals surface area contributed by atoms with Gasteiger partial charge in [0.15, 0.2) is 0 Å². The van der Waals surface area contributed by atoms with Gasteiger partial charge in [0.2, 0.25) is 5.91 Å². The van der Waals surface area contributed by atoms with E-state index in [9.17, 15) is 19.7 Å². The summed E-state index contributed by atoms with van der Waals surface area (Å²) in [6.45, 7) is 1.92. The topological polar surface area (TPSA) is 115 Å². The standard InChI is InChI=1S/C17H17N3O4/c1-11-4-2-5-12(8-11)9-15(16(18)21)19-17(22)13-6-3-7-14(10-13)20(23)24/h2-8,10,15H,9H2,1H3,(H2,18,21)(H,19,22)/t15-/m0/s1. The van der Waals surface area contributed by atoms with Crippen LogP contribution in [0.5, 0.6) is 0 Å². The molecule has 0 aliphatic carbocycles. The van der Waals surface area contributed by atoms with Crippen molar-refractivity contribution in [1.29, 1.82) is 0 Å². The van der Waals surface area contributed by atoms with Crippen molar-refractivity contribution in [2.45, 2.75) is 19.4 Å². The van der Waals surface area contributed by atoms with Crippen LogP contribution in [0.15, 0.2) is 48.5 Å². The number of carbonyl (C=O) groups is 2. The first-order valence-corrected chi connectivity index (χ1v) is 7.27. The minimum atomic E-state index is -0.904. The molecule has 7 nitrogen and oxygen atoms in total. The highest BCUT2D eigenvalue weighted by Gasteiger charge is 2.20. The normalized spacial score (nSPS) is 11.5. The molecule has 0 fully saturated rings. The zero-order valence-electron chi connectivity index (χ0n) is 13.1. The van der Waals surface area contributed by atoms with Gasteiger partial charge in [-0.3, -0.25) is 19.7 Å². The quantitative estimate of drug-likeness (QED) is 0.621. The lowest BCUT2D eigenvalue weighted by molar-refractivity contribution is -0.384.